The van der Waals surface area contributed by atoms with Gasteiger partial charge in [-0.2, -0.15) is 5.10 Å². The van der Waals surface area contributed by atoms with Crippen LogP contribution in [0.2, 0.25) is 5.02 Å². The Kier molecular flexibility index (Phi) is 5.23. The van der Waals surface area contributed by atoms with Crippen molar-refractivity contribution < 1.29 is 9.59 Å². The van der Waals surface area contributed by atoms with Gasteiger partial charge in [-0.05, 0) is 38.0 Å². The number of nitrogens with zero attached hydrogens (tertiary/aromatic N) is 2. The quantitative estimate of drug-likeness (QED) is 0.633. The number of aryl methyl sites for hydroxylation is 1. The molecular formula is C19H23ClN6O2. The number of hydrogen-bond acceptors (Lipinski definition) is 4. The van der Waals surface area contributed by atoms with Gasteiger partial charge in [0.05, 0.1) is 11.6 Å². The van der Waals surface area contributed by atoms with Crippen LogP contribution in [-0.4, -0.2) is 27.8 Å². The highest BCUT2D eigenvalue weighted by Gasteiger charge is 2.38. The topological polar surface area (TPSA) is 100 Å². The Bertz CT molecular complexity index is 898. The molecule has 8 nitrogen and oxygen atoms in total. The number of urea groups is 1. The monoisotopic (exact) mass is 402 g/mol. The summed E-state index contributed by atoms with van der Waals surface area (Å²) in [6.07, 6.45) is 3.56. The lowest BCUT2D eigenvalue weighted by Crippen LogP contribution is -2.59. The van der Waals surface area contributed by atoms with Crippen molar-refractivity contribution in [2.45, 2.75) is 44.9 Å². The van der Waals surface area contributed by atoms with E-state index in [4.69, 9.17) is 11.6 Å². The van der Waals surface area contributed by atoms with Crippen molar-refractivity contribution in [1.82, 2.24) is 20.4 Å². The van der Waals surface area contributed by atoms with Crippen LogP contribution in [0, 0.1) is 12.8 Å². The SMILES string of the molecule is Cc1cc(NC(=O)Nc2cccc(Cl)c2)n(C2NC(=O)C3CCCCC3N2)n1. The molecule has 1 aliphatic heterocycles. The average Bonchev–Trinajstić information content (AvgIpc) is 3.01. The molecule has 2 heterocycles. The molecule has 2 aromatic rings. The number of anilines is 2. The van der Waals surface area contributed by atoms with E-state index < -0.39 is 12.3 Å². The smallest absolute Gasteiger partial charge is 0.322 e. The van der Waals surface area contributed by atoms with E-state index in [9.17, 15) is 9.59 Å². The summed E-state index contributed by atoms with van der Waals surface area (Å²) in [5, 5.41) is 17.0. The fraction of sp³-hybridized carbons (Fsp3) is 0.421. The Balaban J connectivity index is 1.49. The van der Waals surface area contributed by atoms with Crippen LogP contribution < -0.4 is 21.3 Å². The van der Waals surface area contributed by atoms with Crippen molar-refractivity contribution in [3.05, 3.63) is 41.0 Å². The minimum atomic E-state index is -0.498. The summed E-state index contributed by atoms with van der Waals surface area (Å²) >= 11 is 5.95. The van der Waals surface area contributed by atoms with Gasteiger partial charge in [0.15, 0.2) is 6.29 Å². The molecule has 1 saturated carbocycles. The van der Waals surface area contributed by atoms with E-state index in [1.165, 1.54) is 0 Å². The summed E-state index contributed by atoms with van der Waals surface area (Å²) in [6, 6.07) is 8.38. The number of fused-ring (bicyclic) bond motifs is 1. The van der Waals surface area contributed by atoms with Crippen LogP contribution in [0.25, 0.3) is 0 Å². The van der Waals surface area contributed by atoms with Gasteiger partial charge in [-0.3, -0.25) is 15.4 Å². The van der Waals surface area contributed by atoms with E-state index in [1.54, 1.807) is 35.0 Å². The van der Waals surface area contributed by atoms with Crippen molar-refractivity contribution in [2.24, 2.45) is 5.92 Å². The Morgan fingerprint density at radius 3 is 2.89 bits per heavy atom. The molecule has 1 saturated heterocycles. The van der Waals surface area contributed by atoms with E-state index in [0.717, 1.165) is 31.4 Å². The third-order valence-corrected chi connectivity index (χ3v) is 5.42. The third-order valence-electron chi connectivity index (χ3n) is 5.18. The van der Waals surface area contributed by atoms with Gasteiger partial charge >= 0.3 is 6.03 Å². The molecule has 28 heavy (non-hydrogen) atoms. The summed E-state index contributed by atoms with van der Waals surface area (Å²) < 4.78 is 1.61. The molecule has 0 radical (unpaired) electrons. The van der Waals surface area contributed by atoms with Crippen LogP contribution in [0.1, 0.15) is 37.7 Å². The highest BCUT2D eigenvalue weighted by atomic mass is 35.5. The number of amides is 3. The van der Waals surface area contributed by atoms with Gasteiger partial charge in [-0.25, -0.2) is 9.48 Å². The van der Waals surface area contributed by atoms with Gasteiger partial charge < -0.3 is 10.6 Å². The van der Waals surface area contributed by atoms with Gasteiger partial charge in [0.1, 0.15) is 5.82 Å². The maximum atomic E-state index is 12.5. The zero-order valence-electron chi connectivity index (χ0n) is 15.5. The molecule has 9 heteroatoms. The lowest BCUT2D eigenvalue weighted by molar-refractivity contribution is -0.132. The highest BCUT2D eigenvalue weighted by molar-refractivity contribution is 6.30. The van der Waals surface area contributed by atoms with Gasteiger partial charge in [0.25, 0.3) is 0 Å². The summed E-state index contributed by atoms with van der Waals surface area (Å²) in [4.78, 5) is 24.9. The van der Waals surface area contributed by atoms with Crippen LogP contribution in [0.5, 0.6) is 0 Å². The molecule has 3 unspecified atom stereocenters. The van der Waals surface area contributed by atoms with Crippen LogP contribution in [-0.2, 0) is 4.79 Å². The van der Waals surface area contributed by atoms with Gasteiger partial charge in [-0.15, -0.1) is 0 Å². The molecule has 3 amide bonds. The van der Waals surface area contributed by atoms with Crippen LogP contribution >= 0.6 is 11.6 Å². The lowest BCUT2D eigenvalue weighted by atomic mass is 9.83. The zero-order chi connectivity index (χ0) is 19.7. The summed E-state index contributed by atoms with van der Waals surface area (Å²) in [5.74, 6) is 0.532. The Labute approximate surface area is 168 Å². The van der Waals surface area contributed by atoms with Crippen molar-refractivity contribution in [1.29, 1.82) is 0 Å². The molecule has 3 atom stereocenters. The molecular weight excluding hydrogens is 380 g/mol. The number of benzene rings is 1. The molecule has 0 spiro atoms. The summed E-state index contributed by atoms with van der Waals surface area (Å²) in [7, 11) is 0. The van der Waals surface area contributed by atoms with E-state index in [1.807, 2.05) is 6.92 Å². The fourth-order valence-electron chi connectivity index (χ4n) is 3.91. The van der Waals surface area contributed by atoms with E-state index in [-0.39, 0.29) is 17.9 Å². The zero-order valence-corrected chi connectivity index (χ0v) is 16.3. The maximum Gasteiger partial charge on any atom is 0.324 e. The van der Waals surface area contributed by atoms with Crippen LogP contribution in [0.15, 0.2) is 30.3 Å². The van der Waals surface area contributed by atoms with Crippen molar-refractivity contribution >= 4 is 35.0 Å². The maximum absolute atomic E-state index is 12.5. The normalized spacial score (nSPS) is 24.2. The number of carbonyl (C=O) groups is 2. The summed E-state index contributed by atoms with van der Waals surface area (Å²) in [6.45, 7) is 1.84. The minimum absolute atomic E-state index is 0.00389. The third kappa shape index (κ3) is 3.98. The number of carbonyl (C=O) groups excluding carboxylic acids is 2. The molecule has 1 aromatic heterocycles. The molecule has 4 rings (SSSR count). The Morgan fingerprint density at radius 2 is 2.07 bits per heavy atom. The van der Waals surface area contributed by atoms with E-state index in [2.05, 4.69) is 26.4 Å². The molecule has 2 aliphatic rings. The van der Waals surface area contributed by atoms with E-state index >= 15 is 0 Å². The molecule has 1 aromatic carbocycles. The summed E-state index contributed by atoms with van der Waals surface area (Å²) in [5.41, 5.74) is 1.32. The van der Waals surface area contributed by atoms with Crippen LogP contribution in [0.3, 0.4) is 0 Å². The minimum Gasteiger partial charge on any atom is -0.322 e. The Hall–Kier alpha value is -2.58. The van der Waals surface area contributed by atoms with Gasteiger partial charge in [0.2, 0.25) is 5.91 Å². The molecule has 4 N–H and O–H groups in total. The molecule has 0 bridgehead atoms. The molecule has 148 valence electrons. The first kappa shape index (κ1) is 18.8. The molecule has 1 aliphatic carbocycles. The van der Waals surface area contributed by atoms with Crippen LogP contribution in [0.4, 0.5) is 16.3 Å². The first-order chi connectivity index (χ1) is 13.5. The first-order valence-corrected chi connectivity index (χ1v) is 9.83. The highest BCUT2D eigenvalue weighted by Crippen LogP contribution is 2.29. The second-order valence-corrected chi connectivity index (χ2v) is 7.72. The van der Waals surface area contributed by atoms with Crippen molar-refractivity contribution in [2.75, 3.05) is 10.6 Å². The average molecular weight is 403 g/mol. The predicted octanol–water partition coefficient (Wildman–Crippen LogP) is 3.22. The molecule has 2 fully saturated rings. The number of rotatable bonds is 3. The largest absolute Gasteiger partial charge is 0.324 e. The number of aromatic nitrogens is 2. The standard InChI is InChI=1S/C19H23ClN6O2/c1-11-9-16(23-19(28)21-13-6-4-5-12(20)10-13)26(25-11)18-22-15-8-3-2-7-14(15)17(27)24-18/h4-6,9-10,14-15,18,22H,2-3,7-8H2,1H3,(H,24,27)(H2,21,23,28). The van der Waals surface area contributed by atoms with Crippen molar-refractivity contribution in [3.63, 3.8) is 0 Å². The van der Waals surface area contributed by atoms with Crippen molar-refractivity contribution in [3.8, 4) is 0 Å². The number of hydrogen-bond donors (Lipinski definition) is 4. The second kappa shape index (κ2) is 7.81. The first-order valence-electron chi connectivity index (χ1n) is 9.46. The fourth-order valence-corrected chi connectivity index (χ4v) is 4.10. The number of nitrogens with one attached hydrogen (secondary N) is 4. The lowest BCUT2D eigenvalue weighted by Gasteiger charge is -2.40. The van der Waals surface area contributed by atoms with E-state index in [0.29, 0.717) is 16.5 Å². The van der Waals surface area contributed by atoms with Gasteiger partial charge in [-0.1, -0.05) is 30.5 Å². The number of halogens is 1. The Morgan fingerprint density at radius 1 is 1.25 bits per heavy atom. The van der Waals surface area contributed by atoms with Gasteiger partial charge in [0, 0.05) is 22.8 Å². The predicted molar refractivity (Wildman–Crippen MR) is 107 cm³/mol. The second-order valence-electron chi connectivity index (χ2n) is 7.28.